The van der Waals surface area contributed by atoms with Crippen molar-refractivity contribution >= 4 is 16.0 Å². The number of nitrogens with zero attached hydrogens (tertiary/aromatic N) is 2. The lowest BCUT2D eigenvalue weighted by Gasteiger charge is -2.30. The molecule has 0 aliphatic heterocycles. The third kappa shape index (κ3) is 3.35. The van der Waals surface area contributed by atoms with E-state index in [1.165, 1.54) is 45.2 Å². The fraction of sp³-hybridized carbons (Fsp3) is 0.385. The summed E-state index contributed by atoms with van der Waals surface area (Å²) >= 11 is 0. The van der Waals surface area contributed by atoms with Gasteiger partial charge in [0.2, 0.25) is 10.0 Å². The Labute approximate surface area is 118 Å². The summed E-state index contributed by atoms with van der Waals surface area (Å²) in [5.74, 6) is -1.53. The average Bonchev–Trinajstić information content (AvgIpc) is 2.38. The van der Waals surface area contributed by atoms with Crippen molar-refractivity contribution in [3.8, 4) is 6.07 Å². The molecule has 0 fully saturated rings. The number of carboxylic acid groups (broad SMARTS) is 1. The van der Waals surface area contributed by atoms with Crippen LogP contribution in [0.2, 0.25) is 0 Å². The van der Waals surface area contributed by atoms with Crippen LogP contribution in [0.1, 0.15) is 25.0 Å². The summed E-state index contributed by atoms with van der Waals surface area (Å²) in [4.78, 5) is 11.1. The van der Waals surface area contributed by atoms with Gasteiger partial charge in [0.25, 0.3) is 0 Å². The van der Waals surface area contributed by atoms with Crippen LogP contribution in [0, 0.1) is 11.3 Å². The summed E-state index contributed by atoms with van der Waals surface area (Å²) in [5, 5.41) is 17.7. The van der Waals surface area contributed by atoms with E-state index in [0.29, 0.717) is 11.1 Å². The molecule has 0 heterocycles. The van der Waals surface area contributed by atoms with Crippen LogP contribution in [0.4, 0.5) is 0 Å². The normalized spacial score (nSPS) is 12.2. The lowest BCUT2D eigenvalue weighted by Crippen LogP contribution is -2.50. The van der Waals surface area contributed by atoms with Gasteiger partial charge in [0.15, 0.2) is 0 Å². The Hall–Kier alpha value is -1.91. The maximum absolute atomic E-state index is 12.2. The van der Waals surface area contributed by atoms with Crippen LogP contribution >= 0.6 is 0 Å². The van der Waals surface area contributed by atoms with Gasteiger partial charge >= 0.3 is 5.97 Å². The van der Waals surface area contributed by atoms with E-state index in [0.717, 1.165) is 4.31 Å². The van der Waals surface area contributed by atoms with Crippen molar-refractivity contribution in [1.82, 2.24) is 4.31 Å². The van der Waals surface area contributed by atoms with E-state index in [1.54, 1.807) is 0 Å². The summed E-state index contributed by atoms with van der Waals surface area (Å²) < 4.78 is 25.3. The van der Waals surface area contributed by atoms with Gasteiger partial charge in [0.1, 0.15) is 5.54 Å². The SMILES string of the molecule is CN(C(C)(C)C(=O)O)S(=O)(=O)Cc1ccc(C#N)cc1. The fourth-order valence-electron chi connectivity index (χ4n) is 1.47. The molecule has 1 aromatic carbocycles. The first-order chi connectivity index (χ1) is 9.11. The molecule has 7 heteroatoms. The zero-order valence-corrected chi connectivity index (χ0v) is 12.3. The van der Waals surface area contributed by atoms with Gasteiger partial charge in [-0.15, -0.1) is 0 Å². The highest BCUT2D eigenvalue weighted by Gasteiger charge is 2.39. The molecule has 0 unspecified atom stereocenters. The van der Waals surface area contributed by atoms with E-state index in [1.807, 2.05) is 6.07 Å². The zero-order chi connectivity index (χ0) is 15.6. The molecular formula is C13H16N2O4S. The van der Waals surface area contributed by atoms with E-state index in [-0.39, 0.29) is 5.75 Å². The van der Waals surface area contributed by atoms with Crippen LogP contribution in [0.3, 0.4) is 0 Å². The number of benzene rings is 1. The van der Waals surface area contributed by atoms with Crippen molar-refractivity contribution in [3.63, 3.8) is 0 Å². The maximum Gasteiger partial charge on any atom is 0.324 e. The first-order valence-electron chi connectivity index (χ1n) is 5.80. The molecular weight excluding hydrogens is 280 g/mol. The topological polar surface area (TPSA) is 98.5 Å². The highest BCUT2D eigenvalue weighted by molar-refractivity contribution is 7.88. The second-order valence-corrected chi connectivity index (χ2v) is 6.90. The first kappa shape index (κ1) is 16.1. The predicted octanol–water partition coefficient (Wildman–Crippen LogP) is 1.18. The van der Waals surface area contributed by atoms with Crippen LogP contribution in [0.5, 0.6) is 0 Å². The van der Waals surface area contributed by atoms with Gasteiger partial charge in [-0.1, -0.05) is 12.1 Å². The molecule has 0 radical (unpaired) electrons. The first-order valence-corrected chi connectivity index (χ1v) is 7.41. The predicted molar refractivity (Wildman–Crippen MR) is 73.3 cm³/mol. The Morgan fingerprint density at radius 1 is 1.35 bits per heavy atom. The monoisotopic (exact) mass is 296 g/mol. The van der Waals surface area contributed by atoms with Gasteiger partial charge in [-0.3, -0.25) is 4.79 Å². The Morgan fingerprint density at radius 3 is 2.25 bits per heavy atom. The molecule has 20 heavy (non-hydrogen) atoms. The molecule has 108 valence electrons. The molecule has 0 amide bonds. The van der Waals surface area contributed by atoms with Crippen LogP contribution in [-0.4, -0.2) is 36.4 Å². The van der Waals surface area contributed by atoms with Crippen molar-refractivity contribution in [2.24, 2.45) is 0 Å². The number of aliphatic carboxylic acids is 1. The van der Waals surface area contributed by atoms with Gasteiger partial charge in [0, 0.05) is 7.05 Å². The largest absolute Gasteiger partial charge is 0.480 e. The van der Waals surface area contributed by atoms with Crippen LogP contribution in [0.15, 0.2) is 24.3 Å². The van der Waals surface area contributed by atoms with Crippen molar-refractivity contribution in [2.75, 3.05) is 7.05 Å². The number of sulfonamides is 1. The summed E-state index contributed by atoms with van der Waals surface area (Å²) in [6.45, 7) is 2.65. The van der Waals surface area contributed by atoms with Crippen molar-refractivity contribution in [2.45, 2.75) is 25.1 Å². The molecule has 0 aliphatic carbocycles. The lowest BCUT2D eigenvalue weighted by molar-refractivity contribution is -0.145. The number of hydrogen-bond donors (Lipinski definition) is 1. The van der Waals surface area contributed by atoms with E-state index in [2.05, 4.69) is 0 Å². The van der Waals surface area contributed by atoms with Gasteiger partial charge in [-0.2, -0.15) is 9.57 Å². The summed E-state index contributed by atoms with van der Waals surface area (Å²) in [6, 6.07) is 8.06. The lowest BCUT2D eigenvalue weighted by atomic mass is 10.1. The zero-order valence-electron chi connectivity index (χ0n) is 11.5. The number of rotatable bonds is 5. The van der Waals surface area contributed by atoms with E-state index >= 15 is 0 Å². The van der Waals surface area contributed by atoms with E-state index in [4.69, 9.17) is 10.4 Å². The molecule has 1 N–H and O–H groups in total. The highest BCUT2D eigenvalue weighted by atomic mass is 32.2. The Bertz CT molecular complexity index is 642. The molecule has 1 rings (SSSR count). The Balaban J connectivity index is 3.00. The third-order valence-corrected chi connectivity index (χ3v) is 5.15. The minimum absolute atomic E-state index is 0.314. The summed E-state index contributed by atoms with van der Waals surface area (Å²) in [7, 11) is -2.52. The number of carbonyl (C=O) groups is 1. The number of nitriles is 1. The molecule has 0 aromatic heterocycles. The summed E-state index contributed by atoms with van der Waals surface area (Å²) in [5.41, 5.74) is -0.590. The number of carboxylic acids is 1. The van der Waals surface area contributed by atoms with Gasteiger partial charge in [-0.25, -0.2) is 8.42 Å². The quantitative estimate of drug-likeness (QED) is 0.879. The Kier molecular flexibility index (Phi) is 4.53. The number of hydrogen-bond acceptors (Lipinski definition) is 4. The minimum Gasteiger partial charge on any atom is -0.480 e. The Morgan fingerprint density at radius 2 is 1.85 bits per heavy atom. The average molecular weight is 296 g/mol. The van der Waals surface area contributed by atoms with E-state index in [9.17, 15) is 13.2 Å². The van der Waals surface area contributed by atoms with Crippen molar-refractivity contribution in [3.05, 3.63) is 35.4 Å². The molecule has 0 atom stereocenters. The third-order valence-electron chi connectivity index (χ3n) is 3.16. The fourth-order valence-corrected chi connectivity index (χ4v) is 3.05. The molecule has 6 nitrogen and oxygen atoms in total. The molecule has 0 spiro atoms. The minimum atomic E-state index is -3.77. The van der Waals surface area contributed by atoms with Crippen LogP contribution < -0.4 is 0 Å². The smallest absolute Gasteiger partial charge is 0.324 e. The van der Waals surface area contributed by atoms with Crippen LogP contribution in [0.25, 0.3) is 0 Å². The molecule has 0 bridgehead atoms. The second kappa shape index (κ2) is 5.61. The summed E-state index contributed by atoms with van der Waals surface area (Å²) in [6.07, 6.45) is 0. The van der Waals surface area contributed by atoms with Crippen molar-refractivity contribution < 1.29 is 18.3 Å². The molecule has 0 saturated carbocycles. The molecule has 1 aromatic rings. The van der Waals surface area contributed by atoms with Crippen molar-refractivity contribution in [1.29, 1.82) is 5.26 Å². The highest BCUT2D eigenvalue weighted by Crippen LogP contribution is 2.20. The molecule has 0 saturated heterocycles. The standard InChI is InChI=1S/C13H16N2O4S/c1-13(2,12(16)17)15(3)20(18,19)9-11-6-4-10(8-14)5-7-11/h4-7H,9H2,1-3H3,(H,16,17). The second-order valence-electron chi connectivity index (χ2n) is 4.90. The number of likely N-dealkylation sites (N-methyl/N-ethyl adjacent to an activating group) is 1. The van der Waals surface area contributed by atoms with Gasteiger partial charge in [-0.05, 0) is 31.5 Å². The van der Waals surface area contributed by atoms with Gasteiger partial charge in [0.05, 0.1) is 17.4 Å². The maximum atomic E-state index is 12.2. The van der Waals surface area contributed by atoms with E-state index < -0.39 is 21.5 Å². The van der Waals surface area contributed by atoms with Crippen LogP contribution in [-0.2, 0) is 20.6 Å². The van der Waals surface area contributed by atoms with Gasteiger partial charge < -0.3 is 5.11 Å². The molecule has 0 aliphatic rings.